The number of nitrogens with one attached hydrogen (secondary N) is 1. The fourth-order valence-electron chi connectivity index (χ4n) is 2.92. The van der Waals surface area contributed by atoms with E-state index >= 15 is 0 Å². The molecule has 0 aliphatic heterocycles. The van der Waals surface area contributed by atoms with E-state index in [1.165, 1.54) is 0 Å². The van der Waals surface area contributed by atoms with Crippen LogP contribution in [0.3, 0.4) is 0 Å². The van der Waals surface area contributed by atoms with Crippen molar-refractivity contribution in [2.24, 2.45) is 11.8 Å². The second-order valence-corrected chi connectivity index (χ2v) is 8.16. The quantitative estimate of drug-likeness (QED) is 0.623. The van der Waals surface area contributed by atoms with Crippen molar-refractivity contribution in [2.45, 2.75) is 50.5 Å². The lowest BCUT2D eigenvalue weighted by molar-refractivity contribution is 0.388. The van der Waals surface area contributed by atoms with Crippen LogP contribution < -0.4 is 11.3 Å². The molecule has 2 fully saturated rings. The maximum Gasteiger partial charge on any atom is 0.243 e. The van der Waals surface area contributed by atoms with Gasteiger partial charge in [0.05, 0.1) is 4.90 Å². The second-order valence-electron chi connectivity index (χ2n) is 6.33. The van der Waals surface area contributed by atoms with Crippen molar-refractivity contribution < 1.29 is 8.42 Å². The minimum atomic E-state index is -3.41. The number of hydrogen-bond acceptors (Lipinski definition) is 4. The second kappa shape index (κ2) is 5.26. The summed E-state index contributed by atoms with van der Waals surface area (Å²) in [5, 5.41) is 0. The number of benzene rings is 1. The van der Waals surface area contributed by atoms with Crippen LogP contribution in [0.5, 0.6) is 0 Å². The third-order valence-electron chi connectivity index (χ3n) is 4.28. The van der Waals surface area contributed by atoms with Crippen molar-refractivity contribution in [1.82, 2.24) is 4.31 Å². The molecule has 0 heterocycles. The van der Waals surface area contributed by atoms with Crippen LogP contribution in [0.25, 0.3) is 0 Å². The third-order valence-corrected chi connectivity index (χ3v) is 6.51. The largest absolute Gasteiger partial charge is 0.324 e. The minimum Gasteiger partial charge on any atom is -0.324 e. The average molecular weight is 309 g/mol. The molecule has 0 unspecified atom stereocenters. The predicted octanol–water partition coefficient (Wildman–Crippen LogP) is 2.15. The molecule has 0 radical (unpaired) electrons. The molecule has 0 aromatic heterocycles. The van der Waals surface area contributed by atoms with Crippen LogP contribution in [0, 0.1) is 19.8 Å². The first kappa shape index (κ1) is 14.8. The molecule has 3 rings (SSSR count). The zero-order chi connectivity index (χ0) is 15.2. The highest BCUT2D eigenvalue weighted by molar-refractivity contribution is 7.89. The number of nitrogen functional groups attached to an aromatic ring is 1. The van der Waals surface area contributed by atoms with Crippen molar-refractivity contribution in [1.29, 1.82) is 0 Å². The number of sulfonamides is 1. The Morgan fingerprint density at radius 1 is 1.19 bits per heavy atom. The summed E-state index contributed by atoms with van der Waals surface area (Å²) in [6.45, 7) is 4.36. The van der Waals surface area contributed by atoms with Gasteiger partial charge in [-0.15, -0.1) is 0 Å². The zero-order valence-electron chi connectivity index (χ0n) is 12.6. The topological polar surface area (TPSA) is 75.4 Å². The molecule has 2 saturated carbocycles. The van der Waals surface area contributed by atoms with Crippen molar-refractivity contribution >= 4 is 15.7 Å². The van der Waals surface area contributed by atoms with Gasteiger partial charge >= 0.3 is 0 Å². The molecule has 1 aromatic rings. The van der Waals surface area contributed by atoms with E-state index in [1.807, 2.05) is 13.8 Å². The van der Waals surface area contributed by atoms with Crippen LogP contribution >= 0.6 is 0 Å². The van der Waals surface area contributed by atoms with Crippen LogP contribution in [0.15, 0.2) is 17.0 Å². The highest BCUT2D eigenvalue weighted by Gasteiger charge is 2.42. The van der Waals surface area contributed by atoms with Crippen molar-refractivity contribution in [3.8, 4) is 0 Å². The van der Waals surface area contributed by atoms with Crippen molar-refractivity contribution in [3.05, 3.63) is 23.3 Å². The first-order valence-corrected chi connectivity index (χ1v) is 8.97. The summed E-state index contributed by atoms with van der Waals surface area (Å²) >= 11 is 0. The van der Waals surface area contributed by atoms with Gasteiger partial charge in [-0.1, -0.05) is 0 Å². The molecule has 0 atom stereocenters. The molecule has 2 aliphatic carbocycles. The van der Waals surface area contributed by atoms with E-state index in [0.717, 1.165) is 42.5 Å². The Hall–Kier alpha value is -1.11. The molecule has 2 aliphatic rings. The lowest BCUT2D eigenvalue weighted by atomic mass is 10.1. The maximum absolute atomic E-state index is 13.1. The van der Waals surface area contributed by atoms with Gasteiger partial charge in [-0.25, -0.2) is 8.42 Å². The van der Waals surface area contributed by atoms with Crippen LogP contribution in [0.2, 0.25) is 0 Å². The Labute approximate surface area is 126 Å². The predicted molar refractivity (Wildman–Crippen MR) is 83.4 cm³/mol. The first-order chi connectivity index (χ1) is 9.93. The van der Waals surface area contributed by atoms with Gasteiger partial charge in [0.2, 0.25) is 10.0 Å². The van der Waals surface area contributed by atoms with Gasteiger partial charge in [-0.05, 0) is 68.7 Å². The Kier molecular flexibility index (Phi) is 3.71. The van der Waals surface area contributed by atoms with Crippen LogP contribution in [0.4, 0.5) is 5.69 Å². The average Bonchev–Trinajstić information content (AvgIpc) is 3.26. The highest BCUT2D eigenvalue weighted by Crippen LogP contribution is 2.39. The van der Waals surface area contributed by atoms with Crippen LogP contribution in [0.1, 0.15) is 36.8 Å². The summed E-state index contributed by atoms with van der Waals surface area (Å²) in [7, 11) is -3.41. The van der Waals surface area contributed by atoms with E-state index in [0.29, 0.717) is 17.4 Å². The summed E-state index contributed by atoms with van der Waals surface area (Å²) in [5.41, 5.74) is 4.83. The van der Waals surface area contributed by atoms with Crippen LogP contribution in [-0.2, 0) is 10.0 Å². The van der Waals surface area contributed by atoms with Crippen molar-refractivity contribution in [3.63, 3.8) is 0 Å². The van der Waals surface area contributed by atoms with E-state index in [4.69, 9.17) is 5.84 Å². The number of hydrogen-bond donors (Lipinski definition) is 2. The van der Waals surface area contributed by atoms with E-state index in [1.54, 1.807) is 16.4 Å². The van der Waals surface area contributed by atoms with E-state index in [2.05, 4.69) is 5.43 Å². The Bertz CT molecular complexity index is 626. The molecular weight excluding hydrogens is 286 g/mol. The number of rotatable bonds is 6. The summed E-state index contributed by atoms with van der Waals surface area (Å²) in [6, 6.07) is 3.80. The van der Waals surface area contributed by atoms with E-state index in [9.17, 15) is 8.42 Å². The summed E-state index contributed by atoms with van der Waals surface area (Å²) in [4.78, 5) is 0.453. The van der Waals surface area contributed by atoms with Gasteiger partial charge in [0.15, 0.2) is 0 Å². The summed E-state index contributed by atoms with van der Waals surface area (Å²) in [6.07, 6.45) is 4.30. The Morgan fingerprint density at radius 3 is 2.19 bits per heavy atom. The molecular formula is C15H23N3O2S. The van der Waals surface area contributed by atoms with Gasteiger partial charge < -0.3 is 5.43 Å². The molecule has 3 N–H and O–H groups in total. The molecule has 6 heteroatoms. The number of nitrogens with zero attached hydrogens (tertiary/aromatic N) is 1. The molecule has 0 bridgehead atoms. The first-order valence-electron chi connectivity index (χ1n) is 7.53. The molecule has 1 aromatic carbocycles. The Balaban J connectivity index is 1.99. The summed E-state index contributed by atoms with van der Waals surface area (Å²) in [5.74, 6) is 5.99. The van der Waals surface area contributed by atoms with Gasteiger partial charge in [-0.3, -0.25) is 5.84 Å². The molecule has 0 saturated heterocycles. The minimum absolute atomic E-state index is 0.210. The van der Waals surface area contributed by atoms with Gasteiger partial charge in [0, 0.05) is 18.3 Å². The monoisotopic (exact) mass is 309 g/mol. The van der Waals surface area contributed by atoms with Gasteiger partial charge in [0.1, 0.15) is 0 Å². The number of aryl methyl sites for hydroxylation is 2. The molecule has 5 nitrogen and oxygen atoms in total. The number of nitrogens with two attached hydrogens (primary N) is 1. The lowest BCUT2D eigenvalue weighted by Crippen LogP contribution is -2.35. The summed E-state index contributed by atoms with van der Waals surface area (Å²) < 4.78 is 27.9. The third kappa shape index (κ3) is 2.93. The fraction of sp³-hybridized carbons (Fsp3) is 0.600. The molecule has 21 heavy (non-hydrogen) atoms. The van der Waals surface area contributed by atoms with Crippen molar-refractivity contribution in [2.75, 3.05) is 12.0 Å². The number of anilines is 1. The highest BCUT2D eigenvalue weighted by atomic mass is 32.2. The zero-order valence-corrected chi connectivity index (χ0v) is 13.4. The van der Waals surface area contributed by atoms with E-state index in [-0.39, 0.29) is 6.04 Å². The normalized spacial score (nSPS) is 19.0. The standard InChI is InChI=1S/C15H23N3O2S/c1-10-7-13(17-16)8-11(2)15(10)21(19,20)18(14-5-6-14)9-12-3-4-12/h7-8,12,14,17H,3-6,9,16H2,1-2H3. The fourth-order valence-corrected chi connectivity index (χ4v) is 5.10. The molecule has 0 amide bonds. The van der Waals surface area contributed by atoms with Crippen LogP contribution in [-0.4, -0.2) is 25.3 Å². The smallest absolute Gasteiger partial charge is 0.243 e. The van der Waals surface area contributed by atoms with Gasteiger partial charge in [-0.2, -0.15) is 4.31 Å². The van der Waals surface area contributed by atoms with E-state index < -0.39 is 10.0 Å². The SMILES string of the molecule is Cc1cc(NN)cc(C)c1S(=O)(=O)N(CC1CC1)C1CC1. The number of hydrazine groups is 1. The lowest BCUT2D eigenvalue weighted by Gasteiger charge is -2.24. The molecule has 0 spiro atoms. The maximum atomic E-state index is 13.1. The van der Waals surface area contributed by atoms with Gasteiger partial charge in [0.25, 0.3) is 0 Å². The molecule has 116 valence electrons. The Morgan fingerprint density at radius 2 is 1.76 bits per heavy atom.